The third-order valence-electron chi connectivity index (χ3n) is 5.51. The Labute approximate surface area is 200 Å². The van der Waals surface area contributed by atoms with Gasteiger partial charge in [0.15, 0.2) is 11.5 Å². The Morgan fingerprint density at radius 2 is 1.59 bits per heavy atom. The molecule has 0 radical (unpaired) electrons. The Morgan fingerprint density at radius 1 is 0.971 bits per heavy atom. The molecule has 0 unspecified atom stereocenters. The second kappa shape index (κ2) is 13.7. The average Bonchev–Trinajstić information content (AvgIpc) is 2.84. The molecule has 2 rings (SSSR count). The molecule has 0 spiro atoms. The summed E-state index contributed by atoms with van der Waals surface area (Å²) in [5, 5.41) is 0. The molecule has 1 aromatic carbocycles. The predicted molar refractivity (Wildman–Crippen MR) is 123 cm³/mol. The van der Waals surface area contributed by atoms with Gasteiger partial charge in [0.2, 0.25) is 0 Å². The van der Waals surface area contributed by atoms with Gasteiger partial charge >= 0.3 is 23.9 Å². The lowest BCUT2D eigenvalue weighted by Crippen LogP contribution is -2.37. The molecule has 1 fully saturated rings. The van der Waals surface area contributed by atoms with E-state index in [2.05, 4.69) is 0 Å². The van der Waals surface area contributed by atoms with Crippen molar-refractivity contribution in [3.05, 3.63) is 23.8 Å². The van der Waals surface area contributed by atoms with Crippen molar-refractivity contribution in [3.63, 3.8) is 0 Å². The highest BCUT2D eigenvalue weighted by atomic mass is 16.6. The summed E-state index contributed by atoms with van der Waals surface area (Å²) < 4.78 is 21.1. The summed E-state index contributed by atoms with van der Waals surface area (Å²) in [5.74, 6) is -1.74. The maximum atomic E-state index is 12.4. The molecule has 0 heterocycles. The molecule has 0 saturated heterocycles. The van der Waals surface area contributed by atoms with E-state index in [1.54, 1.807) is 26.8 Å². The Balaban J connectivity index is 1.92. The van der Waals surface area contributed by atoms with Crippen LogP contribution in [0.1, 0.15) is 71.3 Å². The van der Waals surface area contributed by atoms with E-state index in [1.807, 2.05) is 0 Å². The zero-order valence-electron chi connectivity index (χ0n) is 20.2. The largest absolute Gasteiger partial charge is 0.462 e. The number of carbonyl (C=O) groups is 4. The molecule has 9 nitrogen and oxygen atoms in total. The highest BCUT2D eigenvalue weighted by Crippen LogP contribution is 2.30. The zero-order valence-corrected chi connectivity index (χ0v) is 20.2. The maximum Gasteiger partial charge on any atom is 0.323 e. The third kappa shape index (κ3) is 8.78. The minimum Gasteiger partial charge on any atom is -0.462 e. The van der Waals surface area contributed by atoms with E-state index in [0.29, 0.717) is 5.56 Å². The van der Waals surface area contributed by atoms with Crippen molar-refractivity contribution >= 4 is 23.9 Å². The molecular weight excluding hydrogens is 442 g/mol. The van der Waals surface area contributed by atoms with Gasteiger partial charge in [-0.05, 0) is 43.9 Å². The highest BCUT2D eigenvalue weighted by molar-refractivity contribution is 5.77. The lowest BCUT2D eigenvalue weighted by atomic mass is 9.89. The van der Waals surface area contributed by atoms with Crippen molar-refractivity contribution < 1.29 is 38.1 Å². The molecule has 9 heteroatoms. The van der Waals surface area contributed by atoms with Crippen molar-refractivity contribution in [2.24, 2.45) is 11.7 Å². The van der Waals surface area contributed by atoms with Crippen LogP contribution in [0.15, 0.2) is 18.2 Å². The second-order valence-electron chi connectivity index (χ2n) is 8.46. The van der Waals surface area contributed by atoms with Gasteiger partial charge in [0, 0.05) is 12.8 Å². The molecule has 2 atom stereocenters. The standard InChI is InChI=1S/C25H35NO8/c1-4-22(27)33-20-12-11-17(14-21(20)34-23(28)5-2)13-19(26)25(30)32-16(3)15-31-24(29)18-9-7-6-8-10-18/h11-12,14,16,18-19H,4-10,13,15,26H2,1-3H3/t16-,19-/m0/s1. The number of hydrogen-bond acceptors (Lipinski definition) is 9. The molecule has 0 bridgehead atoms. The quantitative estimate of drug-likeness (QED) is 0.377. The second-order valence-corrected chi connectivity index (χ2v) is 8.46. The molecule has 0 aromatic heterocycles. The number of carbonyl (C=O) groups excluding carboxylic acids is 4. The van der Waals surface area contributed by atoms with Crippen molar-refractivity contribution in [1.29, 1.82) is 0 Å². The number of ether oxygens (including phenoxy) is 4. The first-order chi connectivity index (χ1) is 16.2. The minimum absolute atomic E-state index is 0.0254. The number of hydrogen-bond donors (Lipinski definition) is 1. The summed E-state index contributed by atoms with van der Waals surface area (Å²) in [6, 6.07) is 3.64. The molecule has 2 N–H and O–H groups in total. The lowest BCUT2D eigenvalue weighted by molar-refractivity contribution is -0.161. The zero-order chi connectivity index (χ0) is 25.1. The van der Waals surface area contributed by atoms with Crippen LogP contribution in [0.2, 0.25) is 0 Å². The fourth-order valence-corrected chi connectivity index (χ4v) is 3.55. The van der Waals surface area contributed by atoms with Gasteiger partial charge in [-0.25, -0.2) is 0 Å². The van der Waals surface area contributed by atoms with E-state index >= 15 is 0 Å². The minimum atomic E-state index is -0.990. The Bertz CT molecular complexity index is 862. The molecule has 1 aliphatic rings. The average molecular weight is 478 g/mol. The van der Waals surface area contributed by atoms with E-state index < -0.39 is 30.1 Å². The van der Waals surface area contributed by atoms with Crippen molar-refractivity contribution in [2.45, 2.75) is 84.3 Å². The first-order valence-electron chi connectivity index (χ1n) is 11.9. The van der Waals surface area contributed by atoms with E-state index in [0.717, 1.165) is 32.1 Å². The van der Waals surface area contributed by atoms with Gasteiger partial charge < -0.3 is 24.7 Å². The van der Waals surface area contributed by atoms with E-state index in [-0.39, 0.29) is 49.3 Å². The number of benzene rings is 1. The molecule has 0 aliphatic heterocycles. The predicted octanol–water partition coefficient (Wildman–Crippen LogP) is 3.24. The van der Waals surface area contributed by atoms with Crippen LogP contribution in [0.3, 0.4) is 0 Å². The summed E-state index contributed by atoms with van der Waals surface area (Å²) in [7, 11) is 0. The van der Waals surface area contributed by atoms with E-state index in [9.17, 15) is 19.2 Å². The number of esters is 4. The van der Waals surface area contributed by atoms with Gasteiger partial charge in [-0.2, -0.15) is 0 Å². The van der Waals surface area contributed by atoms with Gasteiger partial charge in [-0.1, -0.05) is 39.2 Å². The van der Waals surface area contributed by atoms with Crippen LogP contribution in [0.5, 0.6) is 11.5 Å². The highest BCUT2D eigenvalue weighted by Gasteiger charge is 2.25. The fraction of sp³-hybridized carbons (Fsp3) is 0.600. The Morgan fingerprint density at radius 3 is 2.21 bits per heavy atom. The number of nitrogens with two attached hydrogens (primary N) is 1. The lowest BCUT2D eigenvalue weighted by Gasteiger charge is -2.22. The summed E-state index contributed by atoms with van der Waals surface area (Å²) in [6.07, 6.45) is 4.64. The van der Waals surface area contributed by atoms with Crippen LogP contribution in [0, 0.1) is 5.92 Å². The third-order valence-corrected chi connectivity index (χ3v) is 5.51. The topological polar surface area (TPSA) is 131 Å². The summed E-state index contributed by atoms with van der Waals surface area (Å²) in [6.45, 7) is 4.90. The van der Waals surface area contributed by atoms with Crippen LogP contribution in [0.25, 0.3) is 0 Å². The van der Waals surface area contributed by atoms with Crippen LogP contribution in [0.4, 0.5) is 0 Å². The van der Waals surface area contributed by atoms with Crippen LogP contribution < -0.4 is 15.2 Å². The van der Waals surface area contributed by atoms with E-state index in [1.165, 1.54) is 12.1 Å². The molecule has 0 amide bonds. The molecule has 1 saturated carbocycles. The van der Waals surface area contributed by atoms with Crippen molar-refractivity contribution in [2.75, 3.05) is 6.61 Å². The van der Waals surface area contributed by atoms with E-state index in [4.69, 9.17) is 24.7 Å². The van der Waals surface area contributed by atoms with Crippen molar-refractivity contribution in [1.82, 2.24) is 0 Å². The van der Waals surface area contributed by atoms with Crippen LogP contribution in [-0.4, -0.2) is 42.6 Å². The molecule has 188 valence electrons. The smallest absolute Gasteiger partial charge is 0.323 e. The number of rotatable bonds is 11. The van der Waals surface area contributed by atoms with Gasteiger partial charge in [-0.3, -0.25) is 19.2 Å². The van der Waals surface area contributed by atoms with Gasteiger partial charge in [-0.15, -0.1) is 0 Å². The first-order valence-corrected chi connectivity index (χ1v) is 11.9. The Kier molecular flexibility index (Phi) is 11.0. The molecule has 1 aromatic rings. The van der Waals surface area contributed by atoms with Crippen LogP contribution >= 0.6 is 0 Å². The molecule has 1 aliphatic carbocycles. The fourth-order valence-electron chi connectivity index (χ4n) is 3.55. The summed E-state index contributed by atoms with van der Waals surface area (Å²) >= 11 is 0. The van der Waals surface area contributed by atoms with Gasteiger partial charge in [0.1, 0.15) is 18.8 Å². The molecule has 34 heavy (non-hydrogen) atoms. The summed E-state index contributed by atoms with van der Waals surface area (Å²) in [5.41, 5.74) is 6.61. The normalized spacial score (nSPS) is 15.6. The van der Waals surface area contributed by atoms with Crippen LogP contribution in [-0.2, 0) is 35.1 Å². The summed E-state index contributed by atoms with van der Waals surface area (Å²) in [4.78, 5) is 48.0. The van der Waals surface area contributed by atoms with Gasteiger partial charge in [0.25, 0.3) is 0 Å². The Hall–Kier alpha value is -2.94. The van der Waals surface area contributed by atoms with Gasteiger partial charge in [0.05, 0.1) is 5.92 Å². The molecular formula is C25H35NO8. The van der Waals surface area contributed by atoms with Crippen molar-refractivity contribution in [3.8, 4) is 11.5 Å². The first kappa shape index (κ1) is 27.3. The maximum absolute atomic E-state index is 12.4. The monoisotopic (exact) mass is 477 g/mol. The SMILES string of the molecule is CCC(=O)Oc1ccc(C[C@H](N)C(=O)O[C@@H](C)COC(=O)C2CCCCC2)cc1OC(=O)CC.